The molecule has 2 rings (SSSR count). The van der Waals surface area contributed by atoms with E-state index in [0.717, 1.165) is 11.3 Å². The van der Waals surface area contributed by atoms with Crippen molar-refractivity contribution in [2.45, 2.75) is 44.6 Å². The van der Waals surface area contributed by atoms with Gasteiger partial charge >= 0.3 is 5.97 Å². The number of aliphatic carboxylic acids is 1. The quantitative estimate of drug-likeness (QED) is 0.450. The van der Waals surface area contributed by atoms with Gasteiger partial charge in [-0.25, -0.2) is 0 Å². The standard InChI is InChI=1S/C23H26N2O6/c24-21(27)13-12-20(26)19(11-15-23(29)30)25-22(28)14-8-16-6-9-18(10-7-16)31-17-4-2-1-3-5-17/h1-7,9-10,19H,8,11-15H2,(H2,24,27)(H,25,28)(H,29,30)/t19-/m0/s1. The molecule has 1 atom stereocenters. The van der Waals surface area contributed by atoms with Crippen LogP contribution in [0.2, 0.25) is 0 Å². The lowest BCUT2D eigenvalue weighted by atomic mass is 10.0. The summed E-state index contributed by atoms with van der Waals surface area (Å²) in [5.41, 5.74) is 5.96. The summed E-state index contributed by atoms with van der Waals surface area (Å²) in [6, 6.07) is 15.7. The van der Waals surface area contributed by atoms with Gasteiger partial charge in [0.15, 0.2) is 5.78 Å². The van der Waals surface area contributed by atoms with Gasteiger partial charge in [0.05, 0.1) is 6.04 Å². The number of ketones is 1. The van der Waals surface area contributed by atoms with Crippen LogP contribution in [-0.2, 0) is 25.6 Å². The van der Waals surface area contributed by atoms with Crippen LogP contribution in [0, 0.1) is 0 Å². The molecule has 8 heteroatoms. The Kier molecular flexibility index (Phi) is 9.22. The third kappa shape index (κ3) is 9.12. The van der Waals surface area contributed by atoms with E-state index in [-0.39, 0.29) is 38.0 Å². The van der Waals surface area contributed by atoms with E-state index in [9.17, 15) is 19.2 Å². The molecule has 0 saturated heterocycles. The number of para-hydroxylation sites is 1. The molecular weight excluding hydrogens is 400 g/mol. The lowest BCUT2D eigenvalue weighted by molar-refractivity contribution is -0.138. The van der Waals surface area contributed by atoms with E-state index < -0.39 is 23.7 Å². The monoisotopic (exact) mass is 426 g/mol. The number of carbonyl (C=O) groups is 4. The second-order valence-electron chi connectivity index (χ2n) is 7.04. The molecule has 0 unspecified atom stereocenters. The molecule has 0 saturated carbocycles. The maximum absolute atomic E-state index is 12.3. The number of primary amides is 1. The smallest absolute Gasteiger partial charge is 0.303 e. The number of Topliss-reactive ketones (excluding diaryl/α,β-unsaturated/α-hetero) is 1. The zero-order valence-corrected chi connectivity index (χ0v) is 17.1. The first-order valence-corrected chi connectivity index (χ1v) is 9.97. The van der Waals surface area contributed by atoms with E-state index in [2.05, 4.69) is 5.32 Å². The van der Waals surface area contributed by atoms with Crippen LogP contribution in [-0.4, -0.2) is 34.7 Å². The Hall–Kier alpha value is -3.68. The fraction of sp³-hybridized carbons (Fsp3) is 0.304. The third-order valence-corrected chi connectivity index (χ3v) is 4.53. The lowest BCUT2D eigenvalue weighted by Crippen LogP contribution is -2.41. The first kappa shape index (κ1) is 23.6. The van der Waals surface area contributed by atoms with Crippen LogP contribution in [0.15, 0.2) is 54.6 Å². The van der Waals surface area contributed by atoms with Crippen LogP contribution in [0.1, 0.15) is 37.7 Å². The molecule has 0 heterocycles. The van der Waals surface area contributed by atoms with Crippen LogP contribution in [0.4, 0.5) is 0 Å². The SMILES string of the molecule is NC(=O)CCC(=O)[C@H](CCC(=O)O)NC(=O)CCc1ccc(Oc2ccccc2)cc1. The van der Waals surface area contributed by atoms with E-state index in [1.165, 1.54) is 0 Å². The zero-order chi connectivity index (χ0) is 22.6. The Morgan fingerprint density at radius 3 is 2.13 bits per heavy atom. The molecule has 8 nitrogen and oxygen atoms in total. The largest absolute Gasteiger partial charge is 0.481 e. The highest BCUT2D eigenvalue weighted by atomic mass is 16.5. The van der Waals surface area contributed by atoms with Gasteiger partial charge < -0.3 is 20.9 Å². The van der Waals surface area contributed by atoms with Crippen molar-refractivity contribution in [3.8, 4) is 11.5 Å². The molecule has 0 fully saturated rings. The number of aryl methyl sites for hydroxylation is 1. The van der Waals surface area contributed by atoms with Crippen molar-refractivity contribution in [1.82, 2.24) is 5.32 Å². The van der Waals surface area contributed by atoms with Gasteiger partial charge in [0.25, 0.3) is 0 Å². The van der Waals surface area contributed by atoms with E-state index in [0.29, 0.717) is 12.2 Å². The number of nitrogens with two attached hydrogens (primary N) is 1. The summed E-state index contributed by atoms with van der Waals surface area (Å²) >= 11 is 0. The fourth-order valence-electron chi connectivity index (χ4n) is 2.88. The number of carbonyl (C=O) groups excluding carboxylic acids is 3. The van der Waals surface area contributed by atoms with Crippen molar-refractivity contribution in [1.29, 1.82) is 0 Å². The molecule has 4 N–H and O–H groups in total. The third-order valence-electron chi connectivity index (χ3n) is 4.53. The molecule has 31 heavy (non-hydrogen) atoms. The van der Waals surface area contributed by atoms with Crippen LogP contribution in [0.3, 0.4) is 0 Å². The highest BCUT2D eigenvalue weighted by Gasteiger charge is 2.21. The second-order valence-corrected chi connectivity index (χ2v) is 7.04. The summed E-state index contributed by atoms with van der Waals surface area (Å²) in [6.45, 7) is 0. The molecular formula is C23H26N2O6. The van der Waals surface area contributed by atoms with Crippen LogP contribution < -0.4 is 15.8 Å². The Labute approximate surface area is 180 Å². The lowest BCUT2D eigenvalue weighted by Gasteiger charge is -2.17. The average Bonchev–Trinajstić information content (AvgIpc) is 2.75. The molecule has 0 aromatic heterocycles. The van der Waals surface area contributed by atoms with Crippen molar-refractivity contribution in [3.63, 3.8) is 0 Å². The van der Waals surface area contributed by atoms with E-state index in [4.69, 9.17) is 15.6 Å². The average molecular weight is 426 g/mol. The first-order chi connectivity index (χ1) is 14.8. The van der Waals surface area contributed by atoms with Crippen molar-refractivity contribution in [3.05, 3.63) is 60.2 Å². The normalized spacial score (nSPS) is 11.4. The Balaban J connectivity index is 1.86. The predicted molar refractivity (Wildman–Crippen MR) is 114 cm³/mol. The highest BCUT2D eigenvalue weighted by Crippen LogP contribution is 2.21. The van der Waals surface area contributed by atoms with E-state index in [1.54, 1.807) is 0 Å². The molecule has 0 spiro atoms. The van der Waals surface area contributed by atoms with Gasteiger partial charge in [-0.2, -0.15) is 0 Å². The van der Waals surface area contributed by atoms with Crippen molar-refractivity contribution in [2.24, 2.45) is 5.73 Å². The van der Waals surface area contributed by atoms with Crippen molar-refractivity contribution in [2.75, 3.05) is 0 Å². The number of amides is 2. The zero-order valence-electron chi connectivity index (χ0n) is 17.1. The maximum atomic E-state index is 12.3. The van der Waals surface area contributed by atoms with Gasteiger partial charge in [-0.15, -0.1) is 0 Å². The van der Waals surface area contributed by atoms with Gasteiger partial charge in [0.1, 0.15) is 11.5 Å². The number of hydrogen-bond acceptors (Lipinski definition) is 5. The number of hydrogen-bond donors (Lipinski definition) is 3. The molecule has 2 amide bonds. The van der Waals surface area contributed by atoms with Crippen molar-refractivity contribution >= 4 is 23.6 Å². The predicted octanol–water partition coefficient (Wildman–Crippen LogP) is 2.60. The molecule has 164 valence electrons. The number of benzene rings is 2. The van der Waals surface area contributed by atoms with Gasteiger partial charge in [-0.3, -0.25) is 19.2 Å². The molecule has 2 aromatic carbocycles. The van der Waals surface area contributed by atoms with Gasteiger partial charge in [-0.1, -0.05) is 30.3 Å². The molecule has 0 radical (unpaired) electrons. The molecule has 2 aromatic rings. The van der Waals surface area contributed by atoms with Gasteiger partial charge in [-0.05, 0) is 42.7 Å². The van der Waals surface area contributed by atoms with Crippen LogP contribution in [0.5, 0.6) is 11.5 Å². The van der Waals surface area contributed by atoms with Crippen molar-refractivity contribution < 1.29 is 29.0 Å². The first-order valence-electron chi connectivity index (χ1n) is 9.97. The number of carboxylic acid groups (broad SMARTS) is 1. The molecule has 0 aliphatic carbocycles. The second kappa shape index (κ2) is 12.1. The fourth-order valence-corrected chi connectivity index (χ4v) is 2.88. The maximum Gasteiger partial charge on any atom is 0.303 e. The Bertz CT molecular complexity index is 896. The van der Waals surface area contributed by atoms with E-state index in [1.807, 2.05) is 54.6 Å². The minimum atomic E-state index is -1.07. The molecule has 0 aliphatic rings. The number of nitrogens with one attached hydrogen (secondary N) is 1. The summed E-state index contributed by atoms with van der Waals surface area (Å²) in [5, 5.41) is 11.4. The minimum absolute atomic E-state index is 0.0375. The Morgan fingerprint density at radius 1 is 0.871 bits per heavy atom. The summed E-state index contributed by atoms with van der Waals surface area (Å²) in [6.07, 6.45) is -0.0110. The topological polar surface area (TPSA) is 136 Å². The van der Waals surface area contributed by atoms with Gasteiger partial charge in [0.2, 0.25) is 11.8 Å². The molecule has 0 aliphatic heterocycles. The number of carboxylic acids is 1. The van der Waals surface area contributed by atoms with Crippen LogP contribution in [0.25, 0.3) is 0 Å². The van der Waals surface area contributed by atoms with E-state index >= 15 is 0 Å². The molecule has 0 bridgehead atoms. The summed E-state index contributed by atoms with van der Waals surface area (Å²) < 4.78 is 5.73. The van der Waals surface area contributed by atoms with Gasteiger partial charge in [0, 0.05) is 25.7 Å². The summed E-state index contributed by atoms with van der Waals surface area (Å²) in [5.74, 6) is -1.07. The van der Waals surface area contributed by atoms with Crippen LogP contribution >= 0.6 is 0 Å². The minimum Gasteiger partial charge on any atom is -0.481 e. The summed E-state index contributed by atoms with van der Waals surface area (Å²) in [7, 11) is 0. The number of rotatable bonds is 13. The highest BCUT2D eigenvalue weighted by molar-refractivity contribution is 5.91. The summed E-state index contributed by atoms with van der Waals surface area (Å²) in [4.78, 5) is 46.2. The Morgan fingerprint density at radius 2 is 1.52 bits per heavy atom. The number of ether oxygens (including phenoxy) is 1.